The SMILES string of the molecule is CN(CCN1CCC(OC(=O)Nc2ccccc2-c2ccccc2)CC1)C(=O)c1ccc(CN2CCC(N)(C(=O)O)CC2)cc1. The summed E-state index contributed by atoms with van der Waals surface area (Å²) in [5, 5.41) is 12.2. The Morgan fingerprint density at radius 3 is 2.22 bits per heavy atom. The lowest BCUT2D eigenvalue weighted by Gasteiger charge is -2.36. The maximum absolute atomic E-state index is 13.1. The van der Waals surface area contributed by atoms with Crippen LogP contribution in [0, 0.1) is 0 Å². The maximum Gasteiger partial charge on any atom is 0.411 e. The molecule has 4 N–H and O–H groups in total. The van der Waals surface area contributed by atoms with Crippen LogP contribution in [0.15, 0.2) is 78.9 Å². The highest BCUT2D eigenvalue weighted by molar-refractivity contribution is 5.94. The zero-order valence-electron chi connectivity index (χ0n) is 25.9. The Kier molecular flexibility index (Phi) is 10.5. The summed E-state index contributed by atoms with van der Waals surface area (Å²) in [6.07, 6.45) is 1.74. The van der Waals surface area contributed by atoms with Crippen LogP contribution in [0.1, 0.15) is 41.6 Å². The number of carboxylic acids is 1. The van der Waals surface area contributed by atoms with E-state index in [0.29, 0.717) is 44.6 Å². The lowest BCUT2D eigenvalue weighted by Crippen LogP contribution is -2.55. The molecule has 0 bridgehead atoms. The van der Waals surface area contributed by atoms with Gasteiger partial charge in [0.25, 0.3) is 5.91 Å². The third-order valence-corrected chi connectivity index (χ3v) is 8.94. The van der Waals surface area contributed by atoms with Gasteiger partial charge in [0.1, 0.15) is 11.6 Å². The second-order valence-corrected chi connectivity index (χ2v) is 12.1. The number of nitrogens with zero attached hydrogens (tertiary/aromatic N) is 3. The third kappa shape index (κ3) is 8.48. The van der Waals surface area contributed by atoms with E-state index in [1.807, 2.05) is 85.9 Å². The first-order valence-corrected chi connectivity index (χ1v) is 15.6. The molecule has 0 radical (unpaired) electrons. The number of nitrogens with one attached hydrogen (secondary N) is 1. The number of piperidine rings is 2. The number of nitrogens with two attached hydrogens (primary N) is 1. The van der Waals surface area contributed by atoms with Crippen LogP contribution in [-0.4, -0.2) is 95.7 Å². The van der Waals surface area contributed by atoms with Gasteiger partial charge in [-0.3, -0.25) is 19.8 Å². The van der Waals surface area contributed by atoms with Gasteiger partial charge in [-0.1, -0.05) is 60.7 Å². The quantitative estimate of drug-likeness (QED) is 0.305. The zero-order valence-corrected chi connectivity index (χ0v) is 25.9. The molecular formula is C35H43N5O5. The topological polar surface area (TPSA) is 128 Å². The molecular weight excluding hydrogens is 570 g/mol. The lowest BCUT2D eigenvalue weighted by atomic mass is 9.88. The van der Waals surface area contributed by atoms with Crippen LogP contribution in [-0.2, 0) is 16.1 Å². The summed E-state index contributed by atoms with van der Waals surface area (Å²) in [4.78, 5) is 43.4. The molecule has 0 spiro atoms. The number of benzene rings is 3. The smallest absolute Gasteiger partial charge is 0.411 e. The summed E-state index contributed by atoms with van der Waals surface area (Å²) < 4.78 is 5.76. The predicted octanol–water partition coefficient (Wildman–Crippen LogP) is 4.52. The summed E-state index contributed by atoms with van der Waals surface area (Å²) in [6, 6.07) is 25.3. The average Bonchev–Trinajstić information content (AvgIpc) is 3.06. The monoisotopic (exact) mass is 613 g/mol. The van der Waals surface area contributed by atoms with E-state index in [9.17, 15) is 19.5 Å². The Labute approximate surface area is 264 Å². The normalized spacial score (nSPS) is 17.4. The molecule has 45 heavy (non-hydrogen) atoms. The Morgan fingerprint density at radius 1 is 0.911 bits per heavy atom. The molecule has 2 aliphatic rings. The number of hydrogen-bond donors (Lipinski definition) is 3. The molecule has 238 valence electrons. The molecule has 0 atom stereocenters. The Hall–Kier alpha value is -4.25. The Morgan fingerprint density at radius 2 is 1.56 bits per heavy atom. The minimum absolute atomic E-state index is 0.0282. The summed E-state index contributed by atoms with van der Waals surface area (Å²) in [5.74, 6) is -0.964. The first-order valence-electron chi connectivity index (χ1n) is 15.6. The molecule has 0 aliphatic carbocycles. The second kappa shape index (κ2) is 14.7. The first kappa shape index (κ1) is 32.2. The molecule has 0 unspecified atom stereocenters. The van der Waals surface area contributed by atoms with Crippen LogP contribution >= 0.6 is 0 Å². The number of hydrogen-bond acceptors (Lipinski definition) is 7. The van der Waals surface area contributed by atoms with Crippen LogP contribution in [0.3, 0.4) is 0 Å². The van der Waals surface area contributed by atoms with Crippen molar-refractivity contribution in [3.05, 3.63) is 90.0 Å². The molecule has 0 saturated carbocycles. The van der Waals surface area contributed by atoms with E-state index < -0.39 is 17.6 Å². The van der Waals surface area contributed by atoms with Gasteiger partial charge in [-0.05, 0) is 55.0 Å². The van der Waals surface area contributed by atoms with Crippen molar-refractivity contribution >= 4 is 23.7 Å². The highest BCUT2D eigenvalue weighted by Crippen LogP contribution is 2.28. The van der Waals surface area contributed by atoms with Crippen LogP contribution in [0.25, 0.3) is 11.1 Å². The molecule has 2 aliphatic heterocycles. The molecule has 0 aromatic heterocycles. The van der Waals surface area contributed by atoms with E-state index in [1.165, 1.54) is 0 Å². The number of anilines is 1. The summed E-state index contributed by atoms with van der Waals surface area (Å²) in [7, 11) is 1.82. The molecule has 2 heterocycles. The number of amides is 2. The van der Waals surface area contributed by atoms with E-state index in [1.54, 1.807) is 4.90 Å². The summed E-state index contributed by atoms with van der Waals surface area (Å²) in [6.45, 7) is 4.90. The van der Waals surface area contributed by atoms with Crippen molar-refractivity contribution in [1.82, 2.24) is 14.7 Å². The highest BCUT2D eigenvalue weighted by Gasteiger charge is 2.37. The van der Waals surface area contributed by atoms with Gasteiger partial charge in [0.15, 0.2) is 0 Å². The minimum Gasteiger partial charge on any atom is -0.480 e. The second-order valence-electron chi connectivity index (χ2n) is 12.1. The van der Waals surface area contributed by atoms with E-state index >= 15 is 0 Å². The fourth-order valence-corrected chi connectivity index (χ4v) is 5.95. The zero-order chi connectivity index (χ0) is 31.8. The van der Waals surface area contributed by atoms with Gasteiger partial charge in [-0.15, -0.1) is 0 Å². The fraction of sp³-hybridized carbons (Fsp3) is 0.400. The number of carboxylic acid groups (broad SMARTS) is 1. The molecule has 3 aromatic carbocycles. The van der Waals surface area contributed by atoms with Crippen molar-refractivity contribution in [3.8, 4) is 11.1 Å². The maximum atomic E-state index is 13.1. The van der Waals surface area contributed by atoms with Crippen molar-refractivity contribution in [3.63, 3.8) is 0 Å². The van der Waals surface area contributed by atoms with Gasteiger partial charge < -0.3 is 25.4 Å². The molecule has 10 nitrogen and oxygen atoms in total. The molecule has 3 aromatic rings. The van der Waals surface area contributed by atoms with Gasteiger partial charge >= 0.3 is 12.1 Å². The highest BCUT2D eigenvalue weighted by atomic mass is 16.6. The van der Waals surface area contributed by atoms with Crippen LogP contribution in [0.2, 0.25) is 0 Å². The van der Waals surface area contributed by atoms with Crippen molar-refractivity contribution in [1.29, 1.82) is 0 Å². The number of aliphatic carboxylic acids is 1. The van der Waals surface area contributed by atoms with Crippen LogP contribution in [0.5, 0.6) is 0 Å². The number of carbonyl (C=O) groups is 3. The van der Waals surface area contributed by atoms with E-state index in [0.717, 1.165) is 54.9 Å². The minimum atomic E-state index is -1.13. The van der Waals surface area contributed by atoms with Crippen LogP contribution in [0.4, 0.5) is 10.5 Å². The van der Waals surface area contributed by atoms with E-state index in [2.05, 4.69) is 15.1 Å². The lowest BCUT2D eigenvalue weighted by molar-refractivity contribution is -0.145. The molecule has 2 saturated heterocycles. The molecule has 5 rings (SSSR count). The fourth-order valence-electron chi connectivity index (χ4n) is 5.95. The number of likely N-dealkylation sites (tertiary alicyclic amines) is 2. The Balaban J connectivity index is 1.02. The van der Waals surface area contributed by atoms with Gasteiger partial charge in [0, 0.05) is 64.0 Å². The summed E-state index contributed by atoms with van der Waals surface area (Å²) >= 11 is 0. The molecule has 2 amide bonds. The van der Waals surface area contributed by atoms with Crippen molar-refractivity contribution in [2.24, 2.45) is 5.73 Å². The van der Waals surface area contributed by atoms with E-state index in [-0.39, 0.29) is 12.0 Å². The number of likely N-dealkylation sites (N-methyl/N-ethyl adjacent to an activating group) is 1. The number of ether oxygens (including phenoxy) is 1. The summed E-state index contributed by atoms with van der Waals surface area (Å²) in [5.41, 5.74) is 9.26. The molecule has 10 heteroatoms. The Bertz CT molecular complexity index is 1450. The predicted molar refractivity (Wildman–Crippen MR) is 174 cm³/mol. The van der Waals surface area contributed by atoms with Gasteiger partial charge in [0.05, 0.1) is 5.69 Å². The van der Waals surface area contributed by atoms with Crippen molar-refractivity contribution in [2.45, 2.75) is 43.9 Å². The molecule has 2 fully saturated rings. The van der Waals surface area contributed by atoms with Crippen molar-refractivity contribution in [2.75, 3.05) is 51.6 Å². The largest absolute Gasteiger partial charge is 0.480 e. The number of carbonyl (C=O) groups excluding carboxylic acids is 2. The standard InChI is InChI=1S/C35H43N5O5/c1-38(32(41)28-13-11-26(12-14-28)25-40-21-17-35(36,18-22-40)33(42)43)23-24-39-19-15-29(16-20-39)45-34(44)37-31-10-6-5-9-30(31)27-7-3-2-4-8-27/h2-14,29H,15-25,36H2,1H3,(H,37,44)(H,42,43). The average molecular weight is 614 g/mol. The number of rotatable bonds is 10. The van der Waals surface area contributed by atoms with Gasteiger partial charge in [-0.25, -0.2) is 4.79 Å². The third-order valence-electron chi connectivity index (χ3n) is 8.94. The van der Waals surface area contributed by atoms with Crippen LogP contribution < -0.4 is 11.1 Å². The van der Waals surface area contributed by atoms with Gasteiger partial charge in [-0.2, -0.15) is 0 Å². The van der Waals surface area contributed by atoms with Gasteiger partial charge in [0.2, 0.25) is 0 Å². The van der Waals surface area contributed by atoms with Crippen molar-refractivity contribution < 1.29 is 24.2 Å². The number of para-hydroxylation sites is 1. The first-order chi connectivity index (χ1) is 21.7. The van der Waals surface area contributed by atoms with E-state index in [4.69, 9.17) is 10.5 Å².